The second-order valence-corrected chi connectivity index (χ2v) is 9.99. The van der Waals surface area contributed by atoms with Gasteiger partial charge in [0.25, 0.3) is 0 Å². The molecule has 33 heavy (non-hydrogen) atoms. The van der Waals surface area contributed by atoms with Crippen LogP contribution in [-0.4, -0.2) is 50.5 Å². The highest BCUT2D eigenvalue weighted by Gasteiger charge is 2.23. The highest BCUT2D eigenvalue weighted by atomic mass is 32.2. The minimum Gasteiger partial charge on any atom is -0.497 e. The maximum Gasteiger partial charge on any atom is 0.233 e. The van der Waals surface area contributed by atoms with Crippen LogP contribution >= 0.6 is 23.1 Å². The Labute approximate surface area is 201 Å². The number of carbonyl (C=O) groups is 1. The van der Waals surface area contributed by atoms with E-state index < -0.39 is 0 Å². The van der Waals surface area contributed by atoms with Gasteiger partial charge in [-0.05, 0) is 57.2 Å². The van der Waals surface area contributed by atoms with Gasteiger partial charge in [0.05, 0.1) is 29.1 Å². The van der Waals surface area contributed by atoms with Crippen LogP contribution in [0.1, 0.15) is 37.9 Å². The van der Waals surface area contributed by atoms with E-state index >= 15 is 0 Å². The molecule has 0 saturated heterocycles. The van der Waals surface area contributed by atoms with E-state index in [2.05, 4.69) is 34.7 Å². The number of nitrogens with zero attached hydrogens (tertiary/aromatic N) is 5. The number of thioether (sulfide) groups is 1. The lowest BCUT2D eigenvalue weighted by Crippen LogP contribution is -2.31. The molecule has 1 atom stereocenters. The van der Waals surface area contributed by atoms with Gasteiger partial charge in [0.15, 0.2) is 11.0 Å². The Balaban J connectivity index is 1.47. The van der Waals surface area contributed by atoms with E-state index in [1.165, 1.54) is 11.8 Å². The molecule has 0 aliphatic carbocycles. The van der Waals surface area contributed by atoms with E-state index in [4.69, 9.17) is 9.72 Å². The van der Waals surface area contributed by atoms with Crippen molar-refractivity contribution in [3.8, 4) is 17.1 Å². The van der Waals surface area contributed by atoms with Crippen LogP contribution < -0.4 is 4.74 Å². The smallest absolute Gasteiger partial charge is 0.233 e. The fourth-order valence-corrected chi connectivity index (χ4v) is 5.51. The maximum absolute atomic E-state index is 13.0. The number of benzene rings is 2. The molecule has 7 nitrogen and oxygen atoms in total. The number of carbonyl (C=O) groups excluding carboxylic acids is 1. The highest BCUT2D eigenvalue weighted by Crippen LogP contribution is 2.31. The zero-order valence-electron chi connectivity index (χ0n) is 19.3. The summed E-state index contributed by atoms with van der Waals surface area (Å²) >= 11 is 3.04. The van der Waals surface area contributed by atoms with Crippen LogP contribution in [-0.2, 0) is 4.79 Å². The number of hydrogen-bond acceptors (Lipinski definition) is 7. The predicted octanol–water partition coefficient (Wildman–Crippen LogP) is 5.46. The fourth-order valence-electron chi connectivity index (χ4n) is 3.46. The molecule has 4 rings (SSSR count). The number of methoxy groups -OCH3 is 1. The Morgan fingerprint density at radius 3 is 2.52 bits per heavy atom. The molecule has 1 amide bonds. The molecule has 0 fully saturated rings. The number of thiazole rings is 1. The third-order valence-electron chi connectivity index (χ3n) is 5.50. The number of amides is 1. The zero-order chi connectivity index (χ0) is 23.5. The summed E-state index contributed by atoms with van der Waals surface area (Å²) < 4.78 is 8.45. The van der Waals surface area contributed by atoms with E-state index in [1.54, 1.807) is 23.3 Å². The Morgan fingerprint density at radius 2 is 1.85 bits per heavy atom. The van der Waals surface area contributed by atoms with Crippen LogP contribution in [0.5, 0.6) is 5.75 Å². The van der Waals surface area contributed by atoms with Crippen LogP contribution in [0.25, 0.3) is 21.6 Å². The van der Waals surface area contributed by atoms with Crippen LogP contribution in [0.3, 0.4) is 0 Å². The fraction of sp³-hybridized carbons (Fsp3) is 0.333. The van der Waals surface area contributed by atoms with E-state index in [0.29, 0.717) is 0 Å². The van der Waals surface area contributed by atoms with Crippen molar-refractivity contribution in [1.29, 1.82) is 0 Å². The first-order valence-corrected chi connectivity index (χ1v) is 12.5. The quantitative estimate of drug-likeness (QED) is 0.311. The first-order valence-electron chi connectivity index (χ1n) is 10.7. The zero-order valence-corrected chi connectivity index (χ0v) is 21.0. The third kappa shape index (κ3) is 4.89. The minimum atomic E-state index is -0.103. The number of ether oxygens (including phenoxy) is 1. The first kappa shape index (κ1) is 23.3. The molecule has 4 aromatic rings. The topological polar surface area (TPSA) is 73.1 Å². The summed E-state index contributed by atoms with van der Waals surface area (Å²) in [5, 5.41) is 10.5. The molecule has 0 saturated carbocycles. The molecule has 9 heteroatoms. The monoisotopic (exact) mass is 481 g/mol. The van der Waals surface area contributed by atoms with Gasteiger partial charge >= 0.3 is 0 Å². The minimum absolute atomic E-state index is 0.0241. The van der Waals surface area contributed by atoms with Gasteiger partial charge in [-0.3, -0.25) is 9.36 Å². The van der Waals surface area contributed by atoms with Crippen molar-refractivity contribution in [2.45, 2.75) is 38.0 Å². The average Bonchev–Trinajstić information content (AvgIpc) is 3.46. The molecular formula is C24H27N5O2S2. The molecule has 2 aromatic heterocycles. The molecule has 0 aliphatic heterocycles. The molecule has 172 valence electrons. The predicted molar refractivity (Wildman–Crippen MR) is 134 cm³/mol. The maximum atomic E-state index is 13.0. The normalized spacial score (nSPS) is 12.3. The van der Waals surface area contributed by atoms with Gasteiger partial charge in [-0.25, -0.2) is 4.98 Å². The summed E-state index contributed by atoms with van der Waals surface area (Å²) in [6.45, 7) is 6.19. The molecule has 2 heterocycles. The second kappa shape index (κ2) is 9.93. The second-order valence-electron chi connectivity index (χ2n) is 7.99. The Morgan fingerprint density at radius 1 is 1.12 bits per heavy atom. The highest BCUT2D eigenvalue weighted by molar-refractivity contribution is 7.99. The molecule has 2 aromatic carbocycles. The van der Waals surface area contributed by atoms with Crippen LogP contribution in [0.15, 0.2) is 53.7 Å². The summed E-state index contributed by atoms with van der Waals surface area (Å²) in [5.41, 5.74) is 1.92. The van der Waals surface area contributed by atoms with Gasteiger partial charge in [-0.2, -0.15) is 0 Å². The van der Waals surface area contributed by atoms with Crippen LogP contribution in [0, 0.1) is 0 Å². The first-order chi connectivity index (χ1) is 15.9. The number of para-hydroxylation sites is 1. The van der Waals surface area contributed by atoms with E-state index in [9.17, 15) is 4.79 Å². The van der Waals surface area contributed by atoms with E-state index in [-0.39, 0.29) is 23.7 Å². The number of fused-ring (bicyclic) bond motifs is 1. The van der Waals surface area contributed by atoms with Crippen molar-refractivity contribution in [3.63, 3.8) is 0 Å². The van der Waals surface area contributed by atoms with Crippen molar-refractivity contribution in [2.24, 2.45) is 0 Å². The van der Waals surface area contributed by atoms with Gasteiger partial charge in [0.1, 0.15) is 10.8 Å². The van der Waals surface area contributed by atoms with Gasteiger partial charge in [0.2, 0.25) is 5.91 Å². The molecule has 0 aliphatic rings. The summed E-state index contributed by atoms with van der Waals surface area (Å²) in [4.78, 5) is 19.4. The molecule has 0 unspecified atom stereocenters. The Bertz CT molecular complexity index is 1220. The molecule has 0 bridgehead atoms. The van der Waals surface area contributed by atoms with Crippen LogP contribution in [0.4, 0.5) is 0 Å². The molecule has 0 radical (unpaired) electrons. The van der Waals surface area contributed by atoms with Crippen molar-refractivity contribution >= 4 is 39.2 Å². The van der Waals surface area contributed by atoms with E-state index in [1.807, 2.05) is 56.4 Å². The van der Waals surface area contributed by atoms with Crippen molar-refractivity contribution < 1.29 is 9.53 Å². The molecule has 0 spiro atoms. The van der Waals surface area contributed by atoms with Crippen molar-refractivity contribution in [2.75, 3.05) is 19.9 Å². The summed E-state index contributed by atoms with van der Waals surface area (Å²) in [6, 6.07) is 15.8. The SMILES string of the molecule is COc1ccc(-c2nnc(SCC(=O)N(C)[C@H](C)c3nc4ccccc4s3)n2C(C)C)cc1. The summed E-state index contributed by atoms with van der Waals surface area (Å²) in [6.07, 6.45) is 0. The Hall–Kier alpha value is -2.91. The lowest BCUT2D eigenvalue weighted by Gasteiger charge is -2.23. The summed E-state index contributed by atoms with van der Waals surface area (Å²) in [5.74, 6) is 1.87. The van der Waals surface area contributed by atoms with E-state index in [0.717, 1.165) is 37.5 Å². The Kier molecular flexibility index (Phi) is 6.99. The average molecular weight is 482 g/mol. The van der Waals surface area contributed by atoms with Gasteiger partial charge in [-0.15, -0.1) is 21.5 Å². The number of hydrogen-bond donors (Lipinski definition) is 0. The summed E-state index contributed by atoms with van der Waals surface area (Å²) in [7, 11) is 3.47. The lowest BCUT2D eigenvalue weighted by atomic mass is 10.2. The number of rotatable bonds is 8. The molecule has 0 N–H and O–H groups in total. The lowest BCUT2D eigenvalue weighted by molar-refractivity contribution is -0.128. The standard InChI is InChI=1S/C24H27N5O2S2/c1-15(2)29-22(17-10-12-18(31-5)13-11-17)26-27-24(29)32-14-21(30)28(4)16(3)23-25-19-8-6-7-9-20(19)33-23/h6-13,15-16H,14H2,1-5H3/t16-/m1/s1. The van der Waals surface area contributed by atoms with Gasteiger partial charge in [-0.1, -0.05) is 23.9 Å². The van der Waals surface area contributed by atoms with Crippen molar-refractivity contribution in [1.82, 2.24) is 24.6 Å². The number of aromatic nitrogens is 4. The van der Waals surface area contributed by atoms with Crippen molar-refractivity contribution in [3.05, 3.63) is 53.5 Å². The van der Waals surface area contributed by atoms with Crippen LogP contribution in [0.2, 0.25) is 0 Å². The van der Waals surface area contributed by atoms with Gasteiger partial charge in [0, 0.05) is 18.7 Å². The molecular weight excluding hydrogens is 454 g/mol. The largest absolute Gasteiger partial charge is 0.497 e. The van der Waals surface area contributed by atoms with Gasteiger partial charge < -0.3 is 9.64 Å². The third-order valence-corrected chi connectivity index (χ3v) is 7.63.